The van der Waals surface area contributed by atoms with Crippen LogP contribution in [0.4, 0.5) is 0 Å². The van der Waals surface area contributed by atoms with Gasteiger partial charge in [-0.1, -0.05) is 0 Å². The van der Waals surface area contributed by atoms with E-state index in [2.05, 4.69) is 4.98 Å². The molecule has 0 atom stereocenters. The molecule has 1 aromatic heterocycles. The van der Waals surface area contributed by atoms with Gasteiger partial charge >= 0.3 is 0 Å². The van der Waals surface area contributed by atoms with Crippen molar-refractivity contribution in [1.82, 2.24) is 9.71 Å². The van der Waals surface area contributed by atoms with E-state index in [-0.39, 0.29) is 0 Å². The fourth-order valence-corrected chi connectivity index (χ4v) is 0.350. The highest BCUT2D eigenvalue weighted by Gasteiger charge is 1.79. The van der Waals surface area contributed by atoms with Crippen molar-refractivity contribution in [2.24, 2.45) is 0 Å². The van der Waals surface area contributed by atoms with Crippen molar-refractivity contribution < 1.29 is 0 Å². The zero-order valence-corrected chi connectivity index (χ0v) is 3.96. The molecule has 0 amide bonds. The van der Waals surface area contributed by atoms with Crippen LogP contribution in [0.25, 0.3) is 0 Å². The van der Waals surface area contributed by atoms with Crippen molar-refractivity contribution in [3.63, 3.8) is 0 Å². The normalized spacial score (nSPS) is 9.29. The van der Waals surface area contributed by atoms with Crippen molar-refractivity contribution in [2.75, 3.05) is 0 Å². The van der Waals surface area contributed by atoms with Crippen molar-refractivity contribution in [2.45, 2.75) is 6.92 Å². The van der Waals surface area contributed by atoms with Crippen LogP contribution in [-0.4, -0.2) is 9.71 Å². The summed E-state index contributed by atoms with van der Waals surface area (Å²) >= 11 is 0. The van der Waals surface area contributed by atoms with Crippen molar-refractivity contribution >= 4 is 0 Å². The number of hydrogen-bond acceptors (Lipinski definition) is 2. The lowest BCUT2D eigenvalue weighted by atomic mass is 10.6. The molecule has 0 aliphatic carbocycles. The Balaban J connectivity index is 3.12. The third kappa shape index (κ3) is 0.559. The van der Waals surface area contributed by atoms with Crippen LogP contribution in [-0.2, 0) is 0 Å². The first-order chi connectivity index (χ1) is 3.30. The average Bonchev–Trinajstić information content (AvgIpc) is 1.91. The minimum absolute atomic E-state index is 0.639. The Bertz CT molecular complexity index is 142. The number of imidazole rings is 1. The maximum Gasteiger partial charge on any atom is 0.0900 e. The molecule has 0 fully saturated rings. The minimum Gasteiger partial charge on any atom is -0.805 e. The van der Waals surface area contributed by atoms with Crippen LogP contribution in [0.15, 0.2) is 12.5 Å². The van der Waals surface area contributed by atoms with Crippen LogP contribution in [0.5, 0.6) is 0 Å². The lowest BCUT2D eigenvalue weighted by Gasteiger charge is -2.04. The number of nitrogens with zero attached hydrogens (tertiary/aromatic N) is 2. The summed E-state index contributed by atoms with van der Waals surface area (Å²) in [6.45, 7) is 1.71. The Kier molecular flexibility index (Phi) is 0.749. The lowest BCUT2D eigenvalue weighted by molar-refractivity contribution is 1.02. The third-order valence-corrected chi connectivity index (χ3v) is 0.781. The van der Waals surface area contributed by atoms with E-state index < -0.39 is 0 Å². The molecule has 1 rings (SSSR count). The fraction of sp³-hybridized carbons (Fsp3) is 0.250. The molecule has 3 nitrogen and oxygen atoms in total. The van der Waals surface area contributed by atoms with Gasteiger partial charge in [-0.2, -0.15) is 0 Å². The van der Waals surface area contributed by atoms with E-state index >= 15 is 0 Å². The van der Waals surface area contributed by atoms with E-state index in [4.69, 9.17) is 0 Å². The first-order valence-electron chi connectivity index (χ1n) is 1.97. The molecule has 0 aromatic carbocycles. The van der Waals surface area contributed by atoms with Crippen LogP contribution in [0.3, 0.4) is 0 Å². The highest BCUT2D eigenvalue weighted by Crippen LogP contribution is 1.89. The topological polar surface area (TPSA) is 40.9 Å². The molecule has 1 aromatic rings. The van der Waals surface area contributed by atoms with Crippen molar-refractivity contribution in [3.05, 3.63) is 23.4 Å². The molecule has 0 saturated carbocycles. The maximum atomic E-state index is 10.3. The monoisotopic (exact) mass is 97.0 g/mol. The molecule has 0 bridgehead atoms. The predicted octanol–water partition coefficient (Wildman–Crippen LogP) is 0.537. The summed E-state index contributed by atoms with van der Waals surface area (Å²) in [6, 6.07) is 0. The van der Waals surface area contributed by atoms with Gasteiger partial charge in [0.25, 0.3) is 0 Å². The molecule has 0 spiro atoms. The van der Waals surface area contributed by atoms with Crippen LogP contribution in [0.2, 0.25) is 0 Å². The zero-order valence-electron chi connectivity index (χ0n) is 3.96. The van der Waals surface area contributed by atoms with E-state index in [1.807, 2.05) is 0 Å². The lowest BCUT2D eigenvalue weighted by Crippen LogP contribution is -1.82. The first-order valence-corrected chi connectivity index (χ1v) is 1.97. The quantitative estimate of drug-likeness (QED) is 0.474. The van der Waals surface area contributed by atoms with E-state index in [9.17, 15) is 5.21 Å². The predicted molar refractivity (Wildman–Crippen MR) is 25.7 cm³/mol. The number of hydrogen-bond donors (Lipinski definition) is 0. The van der Waals surface area contributed by atoms with Crippen molar-refractivity contribution in [1.29, 1.82) is 0 Å². The molecule has 1 heterocycles. The Morgan fingerprint density at radius 3 is 2.71 bits per heavy atom. The summed E-state index contributed by atoms with van der Waals surface area (Å²) in [7, 11) is 0. The second-order valence-electron chi connectivity index (χ2n) is 1.36. The molecule has 0 N–H and O–H groups in total. The SMILES string of the molecule is Cc1cncn1[O-]. The largest absolute Gasteiger partial charge is 0.805 e. The molecular formula is C4H5N2O-. The summed E-state index contributed by atoms with van der Waals surface area (Å²) in [5.41, 5.74) is 0.639. The molecule has 0 unspecified atom stereocenters. The average molecular weight is 97.1 g/mol. The zero-order chi connectivity index (χ0) is 5.28. The fourth-order valence-electron chi connectivity index (χ4n) is 0.350. The van der Waals surface area contributed by atoms with Crippen LogP contribution in [0.1, 0.15) is 5.69 Å². The molecule has 3 heteroatoms. The highest BCUT2D eigenvalue weighted by molar-refractivity contribution is 4.94. The number of aromatic nitrogens is 2. The molecule has 38 valence electrons. The highest BCUT2D eigenvalue weighted by atomic mass is 16.5. The third-order valence-electron chi connectivity index (χ3n) is 0.781. The van der Waals surface area contributed by atoms with Gasteiger partial charge in [0, 0.05) is 11.9 Å². The van der Waals surface area contributed by atoms with Crippen LogP contribution >= 0.6 is 0 Å². The van der Waals surface area contributed by atoms with Gasteiger partial charge in [0.05, 0.1) is 6.33 Å². The second kappa shape index (κ2) is 1.26. The second-order valence-corrected chi connectivity index (χ2v) is 1.36. The van der Waals surface area contributed by atoms with Gasteiger partial charge in [-0.25, -0.2) is 4.98 Å². The van der Waals surface area contributed by atoms with E-state index in [1.165, 1.54) is 12.5 Å². The summed E-state index contributed by atoms with van der Waals surface area (Å²) in [6.07, 6.45) is 2.75. The van der Waals surface area contributed by atoms with E-state index in [0.717, 1.165) is 4.73 Å². The van der Waals surface area contributed by atoms with Gasteiger partial charge in [-0.05, 0) is 6.92 Å². The Morgan fingerprint density at radius 2 is 2.57 bits per heavy atom. The number of rotatable bonds is 0. The molecule has 0 saturated heterocycles. The first kappa shape index (κ1) is 4.18. The Labute approximate surface area is 41.2 Å². The molecular weight excluding hydrogens is 92.1 g/mol. The summed E-state index contributed by atoms with van der Waals surface area (Å²) < 4.78 is 0.722. The smallest absolute Gasteiger partial charge is 0.0900 e. The van der Waals surface area contributed by atoms with Crippen molar-refractivity contribution in [3.8, 4) is 0 Å². The molecule has 0 radical (unpaired) electrons. The van der Waals surface area contributed by atoms with Gasteiger partial charge in [0.2, 0.25) is 0 Å². The summed E-state index contributed by atoms with van der Waals surface area (Å²) in [4.78, 5) is 3.57. The maximum absolute atomic E-state index is 10.3. The van der Waals surface area contributed by atoms with Crippen LogP contribution < -0.4 is 0 Å². The van der Waals surface area contributed by atoms with Gasteiger partial charge in [-0.3, -0.25) is 0 Å². The van der Waals surface area contributed by atoms with Crippen LogP contribution in [0, 0.1) is 12.1 Å². The molecule has 0 aliphatic heterocycles. The molecule has 7 heavy (non-hydrogen) atoms. The van der Waals surface area contributed by atoms with E-state index in [1.54, 1.807) is 6.92 Å². The summed E-state index contributed by atoms with van der Waals surface area (Å²) in [5.74, 6) is 0. The Hall–Kier alpha value is -0.990. The van der Waals surface area contributed by atoms with Gasteiger partial charge < -0.3 is 9.94 Å². The van der Waals surface area contributed by atoms with Gasteiger partial charge in [0.1, 0.15) is 0 Å². The van der Waals surface area contributed by atoms with Gasteiger partial charge in [-0.15, -0.1) is 0 Å². The van der Waals surface area contributed by atoms with E-state index in [0.29, 0.717) is 5.69 Å². The standard InChI is InChI=1S/C4H5N2O/c1-4-2-5-3-6(4)7/h2-3H,1H3/q-1. The summed E-state index contributed by atoms with van der Waals surface area (Å²) in [5, 5.41) is 10.3. The Morgan fingerprint density at radius 1 is 1.86 bits per heavy atom. The van der Waals surface area contributed by atoms with Gasteiger partial charge in [0.15, 0.2) is 0 Å². The minimum atomic E-state index is 0.639. The number of aryl methyl sites for hydroxylation is 1. The molecule has 0 aliphatic rings.